The number of aryl methyl sites for hydroxylation is 1. The molecule has 2 unspecified atom stereocenters. The highest BCUT2D eigenvalue weighted by Gasteiger charge is 2.35. The van der Waals surface area contributed by atoms with E-state index in [9.17, 15) is 4.79 Å². The zero-order valence-electron chi connectivity index (χ0n) is 25.4. The van der Waals surface area contributed by atoms with Crippen molar-refractivity contribution >= 4 is 5.91 Å². The van der Waals surface area contributed by atoms with Crippen LogP contribution < -0.4 is 9.47 Å². The molecule has 2 aromatic carbocycles. The summed E-state index contributed by atoms with van der Waals surface area (Å²) in [7, 11) is 5.98. The average Bonchev–Trinajstić information content (AvgIpc) is 3.59. The highest BCUT2D eigenvalue weighted by molar-refractivity contribution is 5.78. The number of hydrogen-bond acceptors (Lipinski definition) is 5. The van der Waals surface area contributed by atoms with Crippen molar-refractivity contribution in [3.05, 3.63) is 59.2 Å². The SMILES string of the molecule is CCCCN(CCCCN(C)C)C(=O)CN1CC(c2ccc3c(c2)CCO3)CC1CCCc1ccccc1OC. The third-order valence-electron chi connectivity index (χ3n) is 8.64. The molecule has 2 aromatic rings. The molecule has 2 aliphatic heterocycles. The van der Waals surface area contributed by atoms with Gasteiger partial charge in [0.1, 0.15) is 11.5 Å². The molecular formula is C34H51N3O3. The smallest absolute Gasteiger partial charge is 0.236 e. The third-order valence-corrected chi connectivity index (χ3v) is 8.64. The summed E-state index contributed by atoms with van der Waals surface area (Å²) in [5, 5.41) is 0. The monoisotopic (exact) mass is 549 g/mol. The molecule has 1 amide bonds. The third kappa shape index (κ3) is 8.47. The molecule has 0 aliphatic carbocycles. The molecule has 2 aliphatic rings. The predicted molar refractivity (Wildman–Crippen MR) is 164 cm³/mol. The Labute approximate surface area is 242 Å². The Morgan fingerprint density at radius 3 is 2.65 bits per heavy atom. The number of unbranched alkanes of at least 4 members (excludes halogenated alkanes) is 2. The van der Waals surface area contributed by atoms with E-state index in [0.29, 0.717) is 24.4 Å². The molecule has 0 bridgehead atoms. The van der Waals surface area contributed by atoms with Crippen molar-refractivity contribution in [2.75, 3.05) is 60.5 Å². The summed E-state index contributed by atoms with van der Waals surface area (Å²) < 4.78 is 11.4. The van der Waals surface area contributed by atoms with Crippen molar-refractivity contribution in [1.82, 2.24) is 14.7 Å². The topological polar surface area (TPSA) is 45.2 Å². The Kier molecular flexibility index (Phi) is 11.7. The van der Waals surface area contributed by atoms with E-state index in [2.05, 4.69) is 66.1 Å². The summed E-state index contributed by atoms with van der Waals surface area (Å²) in [6, 6.07) is 15.5. The van der Waals surface area contributed by atoms with E-state index in [0.717, 1.165) is 102 Å². The average molecular weight is 550 g/mol. The van der Waals surface area contributed by atoms with Crippen LogP contribution in [0.2, 0.25) is 0 Å². The molecule has 0 aromatic heterocycles. The number of likely N-dealkylation sites (tertiary alicyclic amines) is 1. The number of benzene rings is 2. The van der Waals surface area contributed by atoms with E-state index in [1.807, 2.05) is 12.1 Å². The summed E-state index contributed by atoms with van der Waals surface area (Å²) in [4.78, 5) is 20.6. The van der Waals surface area contributed by atoms with Crippen LogP contribution in [0.3, 0.4) is 0 Å². The minimum Gasteiger partial charge on any atom is -0.496 e. The lowest BCUT2D eigenvalue weighted by Gasteiger charge is -2.29. The summed E-state index contributed by atoms with van der Waals surface area (Å²) in [5.41, 5.74) is 4.01. The molecule has 2 heterocycles. The van der Waals surface area contributed by atoms with Crippen LogP contribution in [0.1, 0.15) is 74.5 Å². The number of rotatable bonds is 16. The van der Waals surface area contributed by atoms with Crippen LogP contribution in [0.15, 0.2) is 42.5 Å². The summed E-state index contributed by atoms with van der Waals surface area (Å²) >= 11 is 0. The van der Waals surface area contributed by atoms with Gasteiger partial charge in [0.25, 0.3) is 0 Å². The molecule has 6 heteroatoms. The highest BCUT2D eigenvalue weighted by Crippen LogP contribution is 2.37. The van der Waals surface area contributed by atoms with Crippen molar-refractivity contribution in [3.63, 3.8) is 0 Å². The van der Waals surface area contributed by atoms with E-state index in [4.69, 9.17) is 9.47 Å². The lowest BCUT2D eigenvalue weighted by molar-refractivity contribution is -0.132. The van der Waals surface area contributed by atoms with Gasteiger partial charge in [-0.1, -0.05) is 43.7 Å². The number of fused-ring (bicyclic) bond motifs is 1. The zero-order valence-corrected chi connectivity index (χ0v) is 25.4. The molecule has 220 valence electrons. The Morgan fingerprint density at radius 1 is 1.05 bits per heavy atom. The molecule has 1 saturated heterocycles. The van der Waals surface area contributed by atoms with Gasteiger partial charge in [0.15, 0.2) is 0 Å². The highest BCUT2D eigenvalue weighted by atomic mass is 16.5. The maximum absolute atomic E-state index is 13.7. The van der Waals surface area contributed by atoms with E-state index >= 15 is 0 Å². The van der Waals surface area contributed by atoms with Crippen molar-refractivity contribution in [2.45, 2.75) is 76.7 Å². The first-order chi connectivity index (χ1) is 19.5. The minimum atomic E-state index is 0.302. The van der Waals surface area contributed by atoms with Crippen LogP contribution in [0.4, 0.5) is 0 Å². The minimum absolute atomic E-state index is 0.302. The first-order valence-electron chi connectivity index (χ1n) is 15.5. The van der Waals surface area contributed by atoms with Gasteiger partial charge in [-0.05, 0) is 100 Å². The Balaban J connectivity index is 1.42. The van der Waals surface area contributed by atoms with Crippen LogP contribution in [0, 0.1) is 0 Å². The number of para-hydroxylation sites is 1. The lowest BCUT2D eigenvalue weighted by atomic mass is 9.92. The number of hydrogen-bond donors (Lipinski definition) is 0. The molecule has 40 heavy (non-hydrogen) atoms. The van der Waals surface area contributed by atoms with Crippen LogP contribution in [0.25, 0.3) is 0 Å². The largest absolute Gasteiger partial charge is 0.496 e. The first kappa shape index (κ1) is 30.4. The summed E-state index contributed by atoms with van der Waals surface area (Å²) in [6.45, 7) is 7.29. The van der Waals surface area contributed by atoms with E-state index in [-0.39, 0.29) is 0 Å². The molecule has 1 fully saturated rings. The van der Waals surface area contributed by atoms with Gasteiger partial charge in [0.05, 0.1) is 20.3 Å². The second kappa shape index (κ2) is 15.4. The van der Waals surface area contributed by atoms with Gasteiger partial charge in [-0.15, -0.1) is 0 Å². The second-order valence-corrected chi connectivity index (χ2v) is 11.9. The van der Waals surface area contributed by atoms with Crippen molar-refractivity contribution in [3.8, 4) is 11.5 Å². The van der Waals surface area contributed by atoms with Crippen molar-refractivity contribution in [2.24, 2.45) is 0 Å². The van der Waals surface area contributed by atoms with E-state index < -0.39 is 0 Å². The number of ether oxygens (including phenoxy) is 2. The molecule has 0 N–H and O–H groups in total. The van der Waals surface area contributed by atoms with Gasteiger partial charge in [-0.3, -0.25) is 9.69 Å². The Bertz CT molecular complexity index is 1070. The zero-order chi connectivity index (χ0) is 28.3. The van der Waals surface area contributed by atoms with Crippen molar-refractivity contribution in [1.29, 1.82) is 0 Å². The maximum atomic E-state index is 13.7. The number of amides is 1. The fraction of sp³-hybridized carbons (Fsp3) is 0.618. The standard InChI is InChI=1S/C34H51N3O3/c1-5-6-20-36(21-10-9-19-35(2)3)34(38)26-37-25-30(28-16-17-33-29(23-28)18-22-40-33)24-31(37)14-11-13-27-12-7-8-15-32(27)39-4/h7-8,12,15-17,23,30-31H,5-6,9-11,13-14,18-22,24-26H2,1-4H3. The van der Waals surface area contributed by atoms with Gasteiger partial charge in [0, 0.05) is 32.1 Å². The van der Waals surface area contributed by atoms with Crippen molar-refractivity contribution < 1.29 is 14.3 Å². The van der Waals surface area contributed by atoms with Gasteiger partial charge < -0.3 is 19.3 Å². The van der Waals surface area contributed by atoms with Crippen LogP contribution in [-0.2, 0) is 17.6 Å². The van der Waals surface area contributed by atoms with Crippen LogP contribution in [0.5, 0.6) is 11.5 Å². The number of carbonyl (C=O) groups excluding carboxylic acids is 1. The quantitative estimate of drug-likeness (QED) is 0.248. The molecule has 0 radical (unpaired) electrons. The number of methoxy groups -OCH3 is 1. The van der Waals surface area contributed by atoms with Gasteiger partial charge in [-0.2, -0.15) is 0 Å². The fourth-order valence-corrected chi connectivity index (χ4v) is 6.33. The first-order valence-corrected chi connectivity index (χ1v) is 15.5. The Hall–Kier alpha value is -2.57. The summed E-state index contributed by atoms with van der Waals surface area (Å²) in [5.74, 6) is 2.78. The second-order valence-electron chi connectivity index (χ2n) is 11.9. The molecule has 0 spiro atoms. The molecular weight excluding hydrogens is 498 g/mol. The predicted octanol–water partition coefficient (Wildman–Crippen LogP) is 5.78. The van der Waals surface area contributed by atoms with E-state index in [1.54, 1.807) is 7.11 Å². The lowest BCUT2D eigenvalue weighted by Crippen LogP contribution is -2.43. The van der Waals surface area contributed by atoms with Gasteiger partial charge >= 0.3 is 0 Å². The number of carbonyl (C=O) groups is 1. The molecule has 0 saturated carbocycles. The van der Waals surface area contributed by atoms with Crippen LogP contribution >= 0.6 is 0 Å². The summed E-state index contributed by atoms with van der Waals surface area (Å²) in [6.07, 6.45) is 9.66. The molecule has 2 atom stereocenters. The maximum Gasteiger partial charge on any atom is 0.236 e. The molecule has 6 nitrogen and oxygen atoms in total. The fourth-order valence-electron chi connectivity index (χ4n) is 6.33. The van der Waals surface area contributed by atoms with Gasteiger partial charge in [0.2, 0.25) is 5.91 Å². The molecule has 4 rings (SSSR count). The van der Waals surface area contributed by atoms with E-state index in [1.165, 1.54) is 16.7 Å². The normalized spacial score (nSPS) is 18.6. The Morgan fingerprint density at radius 2 is 1.85 bits per heavy atom. The van der Waals surface area contributed by atoms with Gasteiger partial charge in [-0.25, -0.2) is 0 Å². The number of nitrogens with zero attached hydrogens (tertiary/aromatic N) is 3. The van der Waals surface area contributed by atoms with Crippen LogP contribution in [-0.4, -0.2) is 87.2 Å².